The zero-order chi connectivity index (χ0) is 17.7. The minimum absolute atomic E-state index is 0.134. The molecule has 0 heterocycles. The quantitative estimate of drug-likeness (QED) is 0.708. The number of hydrogen-bond donors (Lipinski definition) is 0. The average Bonchev–Trinajstić information content (AvgIpc) is 2.51. The molecule has 0 amide bonds. The van der Waals surface area contributed by atoms with Gasteiger partial charge < -0.3 is 0 Å². The first kappa shape index (κ1) is 18.9. The Labute approximate surface area is 148 Å². The van der Waals surface area contributed by atoms with Gasteiger partial charge in [0.25, 0.3) is 0 Å². The first-order chi connectivity index (χ1) is 11.3. The van der Waals surface area contributed by atoms with Crippen molar-refractivity contribution < 1.29 is 12.8 Å². The Hall–Kier alpha value is -1.43. The van der Waals surface area contributed by atoms with Crippen molar-refractivity contribution in [2.24, 2.45) is 5.92 Å². The van der Waals surface area contributed by atoms with Gasteiger partial charge in [0.2, 0.25) is 10.0 Å². The number of nitrogens with zero attached hydrogens (tertiary/aromatic N) is 1. The molecule has 2 aromatic carbocycles. The lowest BCUT2D eigenvalue weighted by Crippen LogP contribution is -2.32. The molecule has 0 unspecified atom stereocenters. The average molecular weight is 370 g/mol. The molecule has 0 aliphatic carbocycles. The molecule has 3 nitrogen and oxygen atoms in total. The van der Waals surface area contributed by atoms with Gasteiger partial charge in [0, 0.05) is 18.1 Å². The van der Waals surface area contributed by atoms with Crippen LogP contribution >= 0.6 is 11.6 Å². The van der Waals surface area contributed by atoms with Gasteiger partial charge in [-0.1, -0.05) is 37.6 Å². The topological polar surface area (TPSA) is 37.4 Å². The maximum Gasteiger partial charge on any atom is 0.243 e. The third kappa shape index (κ3) is 5.03. The third-order valence-corrected chi connectivity index (χ3v) is 5.77. The maximum atomic E-state index is 13.4. The number of benzene rings is 2. The molecular formula is C18H21ClFNO2S. The summed E-state index contributed by atoms with van der Waals surface area (Å²) in [5.41, 5.74) is 0.622. The van der Waals surface area contributed by atoms with Crippen molar-refractivity contribution >= 4 is 21.6 Å². The Kier molecular flexibility index (Phi) is 6.38. The molecule has 0 radical (unpaired) electrons. The van der Waals surface area contributed by atoms with Crippen LogP contribution < -0.4 is 0 Å². The van der Waals surface area contributed by atoms with Crippen molar-refractivity contribution in [1.29, 1.82) is 0 Å². The standard InChI is InChI=1S/C18H21ClFNO2S/c1-14(2)10-11-21(13-15-4-3-5-17(20)12-15)24(22,23)18-8-6-16(19)7-9-18/h3-9,12,14H,10-11,13H2,1-2H3. The van der Waals surface area contributed by atoms with Crippen LogP contribution in [-0.2, 0) is 16.6 Å². The van der Waals surface area contributed by atoms with Gasteiger partial charge in [-0.15, -0.1) is 0 Å². The van der Waals surface area contributed by atoms with Gasteiger partial charge in [-0.05, 0) is 54.3 Å². The van der Waals surface area contributed by atoms with Crippen LogP contribution in [0.25, 0.3) is 0 Å². The smallest absolute Gasteiger partial charge is 0.207 e. The van der Waals surface area contributed by atoms with Crippen LogP contribution in [0.1, 0.15) is 25.8 Å². The summed E-state index contributed by atoms with van der Waals surface area (Å²) in [7, 11) is -3.67. The monoisotopic (exact) mass is 369 g/mol. The highest BCUT2D eigenvalue weighted by Gasteiger charge is 2.24. The van der Waals surface area contributed by atoms with E-state index in [0.717, 1.165) is 6.42 Å². The van der Waals surface area contributed by atoms with E-state index >= 15 is 0 Å². The molecule has 0 fully saturated rings. The van der Waals surface area contributed by atoms with E-state index in [2.05, 4.69) is 0 Å². The van der Waals surface area contributed by atoms with Crippen LogP contribution in [0.4, 0.5) is 4.39 Å². The van der Waals surface area contributed by atoms with Gasteiger partial charge in [0.15, 0.2) is 0 Å². The summed E-state index contributed by atoms with van der Waals surface area (Å²) in [5.74, 6) is -0.0133. The summed E-state index contributed by atoms with van der Waals surface area (Å²) in [6.45, 7) is 4.58. The van der Waals surface area contributed by atoms with E-state index in [4.69, 9.17) is 11.6 Å². The highest BCUT2D eigenvalue weighted by Crippen LogP contribution is 2.22. The van der Waals surface area contributed by atoms with Gasteiger partial charge >= 0.3 is 0 Å². The summed E-state index contributed by atoms with van der Waals surface area (Å²) >= 11 is 5.84. The van der Waals surface area contributed by atoms with E-state index in [-0.39, 0.29) is 17.3 Å². The summed E-state index contributed by atoms with van der Waals surface area (Å²) in [4.78, 5) is 0.187. The molecule has 2 aromatic rings. The number of hydrogen-bond acceptors (Lipinski definition) is 2. The molecular weight excluding hydrogens is 349 g/mol. The first-order valence-corrected chi connectivity index (χ1v) is 9.61. The van der Waals surface area contributed by atoms with Gasteiger partial charge in [-0.3, -0.25) is 0 Å². The Morgan fingerprint density at radius 1 is 1.12 bits per heavy atom. The summed E-state index contributed by atoms with van der Waals surface area (Å²) in [6.07, 6.45) is 0.724. The molecule has 0 aromatic heterocycles. The van der Waals surface area contributed by atoms with Crippen molar-refractivity contribution in [2.75, 3.05) is 6.54 Å². The second-order valence-corrected chi connectivity index (χ2v) is 8.48. The minimum atomic E-state index is -3.67. The highest BCUT2D eigenvalue weighted by atomic mass is 35.5. The van der Waals surface area contributed by atoms with Crippen LogP contribution in [-0.4, -0.2) is 19.3 Å². The molecule has 0 aliphatic rings. The fourth-order valence-corrected chi connectivity index (χ4v) is 3.85. The number of sulfonamides is 1. The lowest BCUT2D eigenvalue weighted by atomic mass is 10.1. The second-order valence-electron chi connectivity index (χ2n) is 6.10. The van der Waals surface area contributed by atoms with Crippen LogP contribution in [0, 0.1) is 11.7 Å². The number of halogens is 2. The molecule has 2 rings (SSSR count). The van der Waals surface area contributed by atoms with E-state index in [1.807, 2.05) is 13.8 Å². The van der Waals surface area contributed by atoms with E-state index in [0.29, 0.717) is 23.0 Å². The van der Waals surface area contributed by atoms with E-state index < -0.39 is 10.0 Å². The Morgan fingerprint density at radius 3 is 2.38 bits per heavy atom. The van der Waals surface area contributed by atoms with Crippen molar-refractivity contribution in [3.8, 4) is 0 Å². The van der Waals surface area contributed by atoms with E-state index in [1.54, 1.807) is 24.3 Å². The zero-order valence-electron chi connectivity index (χ0n) is 13.7. The van der Waals surface area contributed by atoms with Gasteiger partial charge in [0.05, 0.1) is 4.90 Å². The fraction of sp³-hybridized carbons (Fsp3) is 0.333. The molecule has 0 atom stereocenters. The lowest BCUT2D eigenvalue weighted by Gasteiger charge is -2.23. The van der Waals surface area contributed by atoms with Crippen LogP contribution in [0.2, 0.25) is 5.02 Å². The lowest BCUT2D eigenvalue weighted by molar-refractivity contribution is 0.374. The summed E-state index contributed by atoms with van der Waals surface area (Å²) in [5, 5.41) is 0.479. The molecule has 0 N–H and O–H groups in total. The molecule has 6 heteroatoms. The zero-order valence-corrected chi connectivity index (χ0v) is 15.3. The third-order valence-electron chi connectivity index (χ3n) is 3.66. The summed E-state index contributed by atoms with van der Waals surface area (Å²) < 4.78 is 40.7. The molecule has 0 bridgehead atoms. The van der Waals surface area contributed by atoms with Crippen LogP contribution in [0.15, 0.2) is 53.4 Å². The largest absolute Gasteiger partial charge is 0.243 e. The van der Waals surface area contributed by atoms with Crippen molar-refractivity contribution in [3.05, 3.63) is 64.9 Å². The second kappa shape index (κ2) is 8.10. The van der Waals surface area contributed by atoms with Gasteiger partial charge in [-0.2, -0.15) is 4.31 Å². The van der Waals surface area contributed by atoms with Crippen molar-refractivity contribution in [2.45, 2.75) is 31.7 Å². The normalized spacial score (nSPS) is 12.1. The fourth-order valence-electron chi connectivity index (χ4n) is 2.28. The molecule has 0 saturated carbocycles. The van der Waals surface area contributed by atoms with E-state index in [1.165, 1.54) is 28.6 Å². The van der Waals surface area contributed by atoms with Crippen LogP contribution in [0.3, 0.4) is 0 Å². The maximum absolute atomic E-state index is 13.4. The summed E-state index contributed by atoms with van der Waals surface area (Å²) in [6, 6.07) is 12.1. The van der Waals surface area contributed by atoms with Gasteiger partial charge in [0.1, 0.15) is 5.82 Å². The minimum Gasteiger partial charge on any atom is -0.207 e. The van der Waals surface area contributed by atoms with E-state index in [9.17, 15) is 12.8 Å². The Balaban J connectivity index is 2.31. The molecule has 0 spiro atoms. The molecule has 130 valence electrons. The molecule has 0 aliphatic heterocycles. The van der Waals surface area contributed by atoms with Crippen LogP contribution in [0.5, 0.6) is 0 Å². The Morgan fingerprint density at radius 2 is 1.79 bits per heavy atom. The first-order valence-electron chi connectivity index (χ1n) is 7.79. The predicted molar refractivity (Wildman–Crippen MR) is 94.9 cm³/mol. The van der Waals surface area contributed by atoms with Crippen molar-refractivity contribution in [3.63, 3.8) is 0 Å². The SMILES string of the molecule is CC(C)CCN(Cc1cccc(F)c1)S(=O)(=O)c1ccc(Cl)cc1. The molecule has 24 heavy (non-hydrogen) atoms. The number of rotatable bonds is 7. The molecule has 0 saturated heterocycles. The Bertz CT molecular complexity index is 776. The van der Waals surface area contributed by atoms with Gasteiger partial charge in [-0.25, -0.2) is 12.8 Å². The highest BCUT2D eigenvalue weighted by molar-refractivity contribution is 7.89. The van der Waals surface area contributed by atoms with Crippen molar-refractivity contribution in [1.82, 2.24) is 4.31 Å². The predicted octanol–water partition coefficient (Wildman–Crippen LogP) is 4.72.